The molecule has 11 aromatic rings. The van der Waals surface area contributed by atoms with Gasteiger partial charge >= 0.3 is 0 Å². The maximum atomic E-state index is 6.42. The van der Waals surface area contributed by atoms with E-state index in [-0.39, 0.29) is 26.2 Å². The van der Waals surface area contributed by atoms with Gasteiger partial charge in [-0.2, -0.15) is 0 Å². The molecular weight excluding hydrogens is 850 g/mol. The number of hydrogen-bond acceptors (Lipinski definition) is 3. The quantitative estimate of drug-likeness (QED) is 0.153. The zero-order valence-electron chi connectivity index (χ0n) is 35.6. The van der Waals surface area contributed by atoms with Gasteiger partial charge < -0.3 is 18.6 Å². The molecule has 5 nitrogen and oxygen atoms in total. The van der Waals surface area contributed by atoms with Crippen LogP contribution in [0.25, 0.3) is 99.8 Å². The van der Waals surface area contributed by atoms with Gasteiger partial charge in [-0.05, 0) is 96.8 Å². The number of ether oxygens (including phenoxy) is 2. The summed E-state index contributed by atoms with van der Waals surface area (Å²) in [7, 11) is 3.55. The van der Waals surface area contributed by atoms with E-state index in [1.54, 1.807) is 14.2 Å². The first-order chi connectivity index (χ1) is 30.5. The third-order valence-electron chi connectivity index (χ3n) is 12.2. The summed E-state index contributed by atoms with van der Waals surface area (Å²) in [6.45, 7) is 4.32. The SMILES string of the molecule is COc1c(-c2ccccc2-c2cccc(-c3ccccc3-c3cc(C)cc(-n4c5ccccc5c5ccccc54)c3OC)n2)cc(C)cc1-n1c2ccccc2c2ccccc21.[Zr]. The molecule has 0 saturated carbocycles. The van der Waals surface area contributed by atoms with Crippen molar-refractivity contribution in [3.8, 4) is 67.6 Å². The molecule has 3 heterocycles. The molecule has 6 heteroatoms. The average Bonchev–Trinajstić information content (AvgIpc) is 3.84. The first-order valence-electron chi connectivity index (χ1n) is 21.0. The summed E-state index contributed by atoms with van der Waals surface area (Å²) < 4.78 is 17.5. The zero-order chi connectivity index (χ0) is 41.9. The Kier molecular flexibility index (Phi) is 10.4. The van der Waals surface area contributed by atoms with E-state index < -0.39 is 0 Å². The summed E-state index contributed by atoms with van der Waals surface area (Å²) in [5.74, 6) is 1.61. The monoisotopic (exact) mass is 891 g/mol. The van der Waals surface area contributed by atoms with E-state index >= 15 is 0 Å². The largest absolute Gasteiger partial charge is 0.494 e. The summed E-state index contributed by atoms with van der Waals surface area (Å²) >= 11 is 0. The molecule has 0 N–H and O–H groups in total. The van der Waals surface area contributed by atoms with E-state index in [4.69, 9.17) is 14.5 Å². The van der Waals surface area contributed by atoms with Crippen molar-refractivity contribution in [2.45, 2.75) is 13.8 Å². The third kappa shape index (κ3) is 6.60. The van der Waals surface area contributed by atoms with Crippen LogP contribution in [0.4, 0.5) is 0 Å². The molecule has 0 aliphatic carbocycles. The fraction of sp³-hybridized carbons (Fsp3) is 0.0702. The number of aryl methyl sites for hydroxylation is 2. The number of benzene rings is 8. The van der Waals surface area contributed by atoms with Crippen molar-refractivity contribution in [2.75, 3.05) is 14.2 Å². The van der Waals surface area contributed by atoms with Gasteiger partial charge in [0.25, 0.3) is 0 Å². The Morgan fingerprint density at radius 1 is 0.349 bits per heavy atom. The number of hydrogen-bond donors (Lipinski definition) is 0. The van der Waals surface area contributed by atoms with Crippen LogP contribution in [0.1, 0.15) is 11.1 Å². The van der Waals surface area contributed by atoms with Crippen LogP contribution in [0, 0.1) is 13.8 Å². The molecule has 0 unspecified atom stereocenters. The van der Waals surface area contributed by atoms with Gasteiger partial charge in [0.1, 0.15) is 0 Å². The molecule has 0 radical (unpaired) electrons. The third-order valence-corrected chi connectivity index (χ3v) is 12.2. The normalized spacial score (nSPS) is 11.4. The standard InChI is InChI=1S/C57H43N3O2.Zr/c1-36-32-46(56(61-3)54(34-36)59-50-28-13-9-22-42(50)43-23-10-14-29-51(43)59)38-18-5-7-20-40(38)48-26-17-27-49(58-48)41-21-8-6-19-39(41)47-33-37(2)35-55(57(47)62-4)60-52-30-15-11-24-44(52)45-25-12-16-31-53(45)60;/h5-35H,1-4H3;. The van der Waals surface area contributed by atoms with Crippen LogP contribution in [0.2, 0.25) is 0 Å². The van der Waals surface area contributed by atoms with Gasteiger partial charge in [-0.3, -0.25) is 0 Å². The summed E-state index contributed by atoms with van der Waals surface area (Å²) in [6.07, 6.45) is 0. The maximum absolute atomic E-state index is 6.42. The van der Waals surface area contributed by atoms with Gasteiger partial charge in [0.2, 0.25) is 0 Å². The smallest absolute Gasteiger partial charge is 0.150 e. The van der Waals surface area contributed by atoms with Gasteiger partial charge in [0, 0.05) is 70.0 Å². The Bertz CT molecular complexity index is 3210. The molecule has 0 aliphatic heterocycles. The Morgan fingerprint density at radius 3 is 1.02 bits per heavy atom. The van der Waals surface area contributed by atoms with Crippen molar-refractivity contribution in [1.29, 1.82) is 0 Å². The summed E-state index contributed by atoms with van der Waals surface area (Å²) in [5, 5.41) is 4.84. The van der Waals surface area contributed by atoms with E-state index in [9.17, 15) is 0 Å². The molecule has 0 aliphatic rings. The van der Waals surface area contributed by atoms with Crippen LogP contribution in [-0.4, -0.2) is 28.3 Å². The van der Waals surface area contributed by atoms with E-state index in [1.807, 2.05) is 0 Å². The Labute approximate surface area is 385 Å². The number of methoxy groups -OCH3 is 2. The topological polar surface area (TPSA) is 41.2 Å². The Morgan fingerprint density at radius 2 is 0.667 bits per heavy atom. The van der Waals surface area contributed by atoms with Gasteiger partial charge in [-0.25, -0.2) is 4.98 Å². The Balaban J connectivity index is 0.00000471. The van der Waals surface area contributed by atoms with E-state index in [2.05, 4.69) is 211 Å². The molecule has 11 rings (SSSR count). The van der Waals surface area contributed by atoms with E-state index in [0.29, 0.717) is 0 Å². The second-order valence-corrected chi connectivity index (χ2v) is 16.0. The number of nitrogens with zero attached hydrogens (tertiary/aromatic N) is 3. The van der Waals surface area contributed by atoms with Crippen LogP contribution in [-0.2, 0) is 26.2 Å². The molecule has 0 spiro atoms. The molecular formula is C57H43N3O2Zr. The molecule has 0 bridgehead atoms. The number of aromatic nitrogens is 3. The zero-order valence-corrected chi connectivity index (χ0v) is 38.0. The van der Waals surface area contributed by atoms with Crippen molar-refractivity contribution in [2.24, 2.45) is 0 Å². The van der Waals surface area contributed by atoms with Crippen molar-refractivity contribution < 1.29 is 35.7 Å². The van der Waals surface area contributed by atoms with Gasteiger partial charge in [0.15, 0.2) is 11.5 Å². The molecule has 8 aromatic carbocycles. The molecule has 302 valence electrons. The number of rotatable bonds is 8. The van der Waals surface area contributed by atoms with Crippen LogP contribution < -0.4 is 9.47 Å². The minimum atomic E-state index is 0. The fourth-order valence-electron chi connectivity index (χ4n) is 9.65. The first-order valence-corrected chi connectivity index (χ1v) is 21.0. The molecule has 0 amide bonds. The van der Waals surface area contributed by atoms with Crippen molar-refractivity contribution in [3.05, 3.63) is 199 Å². The first kappa shape index (κ1) is 40.1. The minimum absolute atomic E-state index is 0. The maximum Gasteiger partial charge on any atom is 0.150 e. The van der Waals surface area contributed by atoms with Gasteiger partial charge in [-0.1, -0.05) is 127 Å². The summed E-state index contributed by atoms with van der Waals surface area (Å²) in [5.41, 5.74) is 16.7. The summed E-state index contributed by atoms with van der Waals surface area (Å²) in [4.78, 5) is 5.46. The van der Waals surface area contributed by atoms with E-state index in [0.717, 1.165) is 101 Å². The van der Waals surface area contributed by atoms with Crippen LogP contribution >= 0.6 is 0 Å². The van der Waals surface area contributed by atoms with E-state index in [1.165, 1.54) is 21.5 Å². The predicted octanol–water partition coefficient (Wildman–Crippen LogP) is 14.6. The number of pyridine rings is 1. The second-order valence-electron chi connectivity index (χ2n) is 16.0. The van der Waals surface area contributed by atoms with Crippen molar-refractivity contribution >= 4 is 43.6 Å². The molecule has 3 aromatic heterocycles. The number of para-hydroxylation sites is 4. The van der Waals surface area contributed by atoms with Gasteiger partial charge in [0.05, 0.1) is 59.0 Å². The Hall–Kier alpha value is -7.01. The molecule has 63 heavy (non-hydrogen) atoms. The minimum Gasteiger partial charge on any atom is -0.494 e. The van der Waals surface area contributed by atoms with Gasteiger partial charge in [-0.15, -0.1) is 0 Å². The summed E-state index contributed by atoms with van der Waals surface area (Å²) in [6, 6.07) is 66.7. The molecule has 0 atom stereocenters. The van der Waals surface area contributed by atoms with Crippen molar-refractivity contribution in [3.63, 3.8) is 0 Å². The second kappa shape index (κ2) is 16.4. The average molecular weight is 893 g/mol. The fourth-order valence-corrected chi connectivity index (χ4v) is 9.65. The van der Waals surface area contributed by atoms with Crippen LogP contribution in [0.5, 0.6) is 11.5 Å². The predicted molar refractivity (Wildman–Crippen MR) is 257 cm³/mol. The van der Waals surface area contributed by atoms with Crippen LogP contribution in [0.3, 0.4) is 0 Å². The molecule has 0 saturated heterocycles. The number of fused-ring (bicyclic) bond motifs is 6. The van der Waals surface area contributed by atoms with Crippen molar-refractivity contribution in [1.82, 2.24) is 14.1 Å². The molecule has 0 fully saturated rings. The van der Waals surface area contributed by atoms with Crippen LogP contribution in [0.15, 0.2) is 188 Å².